The van der Waals surface area contributed by atoms with Crippen molar-refractivity contribution < 1.29 is 22.2 Å². The lowest BCUT2D eigenvalue weighted by Crippen LogP contribution is -2.59. The Morgan fingerprint density at radius 1 is 1.00 bits per heavy atom. The average molecular weight is 740 g/mol. The van der Waals surface area contributed by atoms with Crippen LogP contribution in [0.5, 0.6) is 5.75 Å². The molecule has 252 valence electrons. The molecule has 0 aliphatic carbocycles. The minimum atomic E-state index is -3.78. The predicted molar refractivity (Wildman–Crippen MR) is 189 cm³/mol. The zero-order valence-corrected chi connectivity index (χ0v) is 30.6. The molecule has 3 aromatic carbocycles. The summed E-state index contributed by atoms with van der Waals surface area (Å²) in [5.41, 5.74) is -0.466. The third kappa shape index (κ3) is 6.80. The molecule has 1 fully saturated rings. The average Bonchev–Trinajstić information content (AvgIpc) is 3.25. The second-order valence-corrected chi connectivity index (χ2v) is 16.4. The molecule has 2 amide bonds. The summed E-state index contributed by atoms with van der Waals surface area (Å²) < 4.78 is 46.8. The van der Waals surface area contributed by atoms with Gasteiger partial charge in [0, 0.05) is 47.8 Å². The van der Waals surface area contributed by atoms with Gasteiger partial charge in [0.1, 0.15) is 22.7 Å². The Balaban J connectivity index is 1.79. The van der Waals surface area contributed by atoms with Gasteiger partial charge in [-0.25, -0.2) is 22.1 Å². The first-order chi connectivity index (χ1) is 22.1. The Bertz CT molecular complexity index is 1830. The molecule has 3 unspecified atom stereocenters. The maximum Gasteiger partial charge on any atom is 0.326 e. The van der Waals surface area contributed by atoms with Crippen LogP contribution in [0.3, 0.4) is 0 Å². The summed E-state index contributed by atoms with van der Waals surface area (Å²) >= 11 is 19.2. The highest BCUT2D eigenvalue weighted by Crippen LogP contribution is 2.54. The smallest absolute Gasteiger partial charge is 0.326 e. The monoisotopic (exact) mass is 738 g/mol. The van der Waals surface area contributed by atoms with Crippen LogP contribution in [-0.4, -0.2) is 72.5 Å². The van der Waals surface area contributed by atoms with Crippen LogP contribution < -0.4 is 9.46 Å². The van der Waals surface area contributed by atoms with Gasteiger partial charge in [0.25, 0.3) is 0 Å². The molecule has 1 saturated heterocycles. The van der Waals surface area contributed by atoms with E-state index >= 15 is 4.79 Å². The molecule has 0 spiro atoms. The number of rotatable bonds is 8. The van der Waals surface area contributed by atoms with E-state index in [2.05, 4.69) is 4.72 Å². The van der Waals surface area contributed by atoms with Crippen LogP contribution in [0.15, 0.2) is 70.6 Å². The highest BCUT2D eigenvalue weighted by molar-refractivity contribution is 7.90. The number of urea groups is 1. The lowest BCUT2D eigenvalue weighted by atomic mass is 9.71. The van der Waals surface area contributed by atoms with Gasteiger partial charge in [-0.15, -0.1) is 0 Å². The molecular weight excluding hydrogens is 703 g/mol. The fourth-order valence-corrected chi connectivity index (χ4v) is 8.68. The van der Waals surface area contributed by atoms with Crippen molar-refractivity contribution in [3.8, 4) is 5.75 Å². The maximum atomic E-state index is 15.0. The number of amides is 2. The van der Waals surface area contributed by atoms with Gasteiger partial charge in [-0.05, 0) is 75.1 Å². The molecule has 3 aromatic rings. The van der Waals surface area contributed by atoms with Crippen LogP contribution in [0.1, 0.15) is 50.3 Å². The quantitative estimate of drug-likeness (QED) is 0.273. The number of halogens is 3. The van der Waals surface area contributed by atoms with Gasteiger partial charge in [-0.1, -0.05) is 59.1 Å². The predicted octanol–water partition coefficient (Wildman–Crippen LogP) is 6.81. The minimum Gasteiger partial charge on any atom is -0.493 e. The number of ether oxygens (including phenoxy) is 1. The number of sulfone groups is 1. The summed E-state index contributed by atoms with van der Waals surface area (Å²) in [6, 6.07) is 17.1. The highest BCUT2D eigenvalue weighted by atomic mass is 35.5. The Labute approximate surface area is 293 Å². The van der Waals surface area contributed by atoms with Gasteiger partial charge in [-0.3, -0.25) is 9.89 Å². The maximum absolute atomic E-state index is 15.0. The van der Waals surface area contributed by atoms with E-state index in [4.69, 9.17) is 44.5 Å². The van der Waals surface area contributed by atoms with Crippen LogP contribution in [-0.2, 0) is 31.9 Å². The molecule has 3 atom stereocenters. The van der Waals surface area contributed by atoms with Gasteiger partial charge in [0.05, 0.1) is 33.1 Å². The van der Waals surface area contributed by atoms with E-state index in [0.29, 0.717) is 41.5 Å². The van der Waals surface area contributed by atoms with Crippen molar-refractivity contribution >= 4 is 67.5 Å². The zero-order valence-electron chi connectivity index (χ0n) is 26.7. The van der Waals surface area contributed by atoms with Gasteiger partial charge in [0.15, 0.2) is 9.84 Å². The molecule has 2 aliphatic rings. The number of nitrogens with one attached hydrogen (secondary N) is 1. The van der Waals surface area contributed by atoms with Crippen LogP contribution in [0.4, 0.5) is 4.79 Å². The van der Waals surface area contributed by atoms with Gasteiger partial charge >= 0.3 is 6.03 Å². The minimum absolute atomic E-state index is 0.0000155. The van der Waals surface area contributed by atoms with E-state index < -0.39 is 31.9 Å². The lowest BCUT2D eigenvalue weighted by molar-refractivity contribution is 0.100. The number of aliphatic imine (C=N–C) groups is 1. The Morgan fingerprint density at radius 2 is 1.55 bits per heavy atom. The molecule has 5 rings (SSSR count). The van der Waals surface area contributed by atoms with E-state index in [1.54, 1.807) is 47.2 Å². The number of hydrogen-bond acceptors (Lipinski definition) is 6. The summed E-state index contributed by atoms with van der Waals surface area (Å²) in [6.07, 6.45) is 3.86. The van der Waals surface area contributed by atoms with E-state index in [0.717, 1.165) is 17.4 Å². The molecule has 0 bridgehead atoms. The first-order valence-corrected chi connectivity index (χ1v) is 19.7. The molecule has 0 radical (unpaired) electrons. The largest absolute Gasteiger partial charge is 0.493 e. The standard InChI is InChI=1S/C33H37Cl3N4O5S2/c1-6-45-28-20-27(36)29(47(5,43)44)19-26(28)30-37-32(2,21-7-11-23(34)12-8-21)33(3,22-9-13-24(35)14-10-22)40(30)31(41)39-17-15-25(16-18-39)38-46(4)42/h7-14,19-20,25,38H,6,15-18H2,1-5H3. The summed E-state index contributed by atoms with van der Waals surface area (Å²) in [7, 11) is -4.96. The van der Waals surface area contributed by atoms with E-state index in [1.807, 2.05) is 38.1 Å². The second-order valence-electron chi connectivity index (χ2n) is 12.0. The number of carbonyl (C=O) groups is 1. The number of carbonyl (C=O) groups excluding carboxylic acids is 1. The second kappa shape index (κ2) is 13.7. The van der Waals surface area contributed by atoms with Crippen molar-refractivity contribution in [2.75, 3.05) is 32.2 Å². The zero-order chi connectivity index (χ0) is 34.3. The third-order valence-corrected chi connectivity index (χ3v) is 11.7. The van der Waals surface area contributed by atoms with Crippen LogP contribution in [0.25, 0.3) is 0 Å². The molecule has 14 heteroatoms. The fourth-order valence-electron chi connectivity index (χ4n) is 6.40. The van der Waals surface area contributed by atoms with Crippen molar-refractivity contribution in [2.24, 2.45) is 4.99 Å². The summed E-state index contributed by atoms with van der Waals surface area (Å²) in [6.45, 7) is 6.75. The van der Waals surface area contributed by atoms with Crippen molar-refractivity contribution in [3.05, 3.63) is 92.4 Å². The van der Waals surface area contributed by atoms with Crippen molar-refractivity contribution in [1.29, 1.82) is 0 Å². The van der Waals surface area contributed by atoms with Crippen molar-refractivity contribution in [1.82, 2.24) is 14.5 Å². The Kier molecular flexibility index (Phi) is 10.4. The van der Waals surface area contributed by atoms with Crippen molar-refractivity contribution in [2.45, 2.75) is 55.6 Å². The number of hydrogen-bond donors (Lipinski definition) is 1. The van der Waals surface area contributed by atoms with Gasteiger partial charge in [0.2, 0.25) is 0 Å². The van der Waals surface area contributed by atoms with Gasteiger partial charge < -0.3 is 9.64 Å². The summed E-state index contributed by atoms with van der Waals surface area (Å²) in [4.78, 5) is 23.6. The highest BCUT2D eigenvalue weighted by Gasteiger charge is 2.60. The van der Waals surface area contributed by atoms with E-state index in [1.165, 1.54) is 12.1 Å². The Morgan fingerprint density at radius 3 is 2.06 bits per heavy atom. The van der Waals surface area contributed by atoms with Gasteiger partial charge in [-0.2, -0.15) is 0 Å². The molecule has 47 heavy (non-hydrogen) atoms. The number of benzene rings is 3. The van der Waals surface area contributed by atoms with E-state index in [9.17, 15) is 12.6 Å². The molecule has 9 nitrogen and oxygen atoms in total. The molecular formula is C33H37Cl3N4O5S2. The number of likely N-dealkylation sites (tertiary alicyclic amines) is 1. The normalized spacial score (nSPS) is 22.7. The molecule has 2 aliphatic heterocycles. The first kappa shape index (κ1) is 35.6. The fraction of sp³-hybridized carbons (Fsp3) is 0.394. The number of piperidine rings is 1. The van der Waals surface area contributed by atoms with Crippen LogP contribution >= 0.6 is 34.8 Å². The Hall–Kier alpha value is -2.67. The molecule has 2 heterocycles. The first-order valence-electron chi connectivity index (χ1n) is 15.1. The molecule has 0 saturated carbocycles. The molecule has 1 N–H and O–H groups in total. The SMILES string of the molecule is CCOc1cc(Cl)c(S(C)(=O)=O)cc1C1=NC(C)(c2ccc(Cl)cc2)C(C)(c2ccc(Cl)cc2)N1C(=O)N1CCC(NS(C)=O)CC1. The number of amidine groups is 1. The van der Waals surface area contributed by atoms with E-state index in [-0.39, 0.29) is 40.2 Å². The lowest BCUT2D eigenvalue weighted by Gasteiger charge is -2.47. The molecule has 0 aromatic heterocycles. The topological polar surface area (TPSA) is 108 Å². The van der Waals surface area contributed by atoms with Crippen LogP contribution in [0, 0.1) is 0 Å². The van der Waals surface area contributed by atoms with Crippen molar-refractivity contribution in [3.63, 3.8) is 0 Å². The van der Waals surface area contributed by atoms with Crippen LogP contribution in [0.2, 0.25) is 15.1 Å². The summed E-state index contributed by atoms with van der Waals surface area (Å²) in [5.74, 6) is 0.512. The summed E-state index contributed by atoms with van der Waals surface area (Å²) in [5, 5.41) is 1.07. The number of nitrogens with zero attached hydrogens (tertiary/aromatic N) is 3. The third-order valence-electron chi connectivity index (χ3n) is 9.01.